The molecule has 5 heteroatoms. The van der Waals surface area contributed by atoms with Gasteiger partial charge in [0, 0.05) is 16.9 Å². The average Bonchev–Trinajstić information content (AvgIpc) is 3.21. The molecule has 3 rings (SSSR count). The van der Waals surface area contributed by atoms with Gasteiger partial charge in [-0.25, -0.2) is 4.79 Å². The highest BCUT2D eigenvalue weighted by Crippen LogP contribution is 2.37. The number of carbonyl (C=O) groups excluding carboxylic acids is 1. The molecule has 102 valence electrons. The lowest BCUT2D eigenvalue weighted by Gasteiger charge is -2.05. The van der Waals surface area contributed by atoms with Crippen LogP contribution in [-0.2, 0) is 4.79 Å². The first-order chi connectivity index (χ1) is 9.66. The normalized spacial score (nSPS) is 14.0. The fourth-order valence-corrected chi connectivity index (χ4v) is 3.02. The number of nitrogens with one attached hydrogen (secondary N) is 1. The molecular formula is C15H13NO3S. The van der Waals surface area contributed by atoms with Crippen molar-refractivity contribution in [3.8, 4) is 11.1 Å². The van der Waals surface area contributed by atoms with E-state index >= 15 is 0 Å². The third-order valence-corrected chi connectivity index (χ3v) is 4.17. The summed E-state index contributed by atoms with van der Waals surface area (Å²) in [4.78, 5) is 23.3. The summed E-state index contributed by atoms with van der Waals surface area (Å²) >= 11 is 1.26. The van der Waals surface area contributed by atoms with Crippen molar-refractivity contribution in [3.63, 3.8) is 0 Å². The lowest BCUT2D eigenvalue weighted by molar-refractivity contribution is -0.117. The fraction of sp³-hybridized carbons (Fsp3) is 0.200. The number of anilines is 1. The first kappa shape index (κ1) is 12.9. The smallest absolute Gasteiger partial charge is 0.339 e. The maximum absolute atomic E-state index is 11.8. The van der Waals surface area contributed by atoms with E-state index < -0.39 is 5.97 Å². The first-order valence-corrected chi connectivity index (χ1v) is 7.26. The Balaban J connectivity index is 1.97. The van der Waals surface area contributed by atoms with Crippen LogP contribution in [0.2, 0.25) is 0 Å². The Morgan fingerprint density at radius 3 is 2.50 bits per heavy atom. The molecule has 1 aromatic carbocycles. The van der Waals surface area contributed by atoms with Gasteiger partial charge in [0.15, 0.2) is 0 Å². The topological polar surface area (TPSA) is 66.4 Å². The molecule has 20 heavy (non-hydrogen) atoms. The zero-order valence-electron chi connectivity index (χ0n) is 10.6. The van der Waals surface area contributed by atoms with Gasteiger partial charge in [-0.15, -0.1) is 11.3 Å². The Labute approximate surface area is 120 Å². The molecule has 1 aliphatic carbocycles. The fourth-order valence-electron chi connectivity index (χ4n) is 2.05. The van der Waals surface area contributed by atoms with E-state index in [1.54, 1.807) is 5.38 Å². The molecule has 1 heterocycles. The van der Waals surface area contributed by atoms with Crippen molar-refractivity contribution >= 4 is 28.2 Å². The Bertz CT molecular complexity index is 659. The number of benzene rings is 1. The summed E-state index contributed by atoms with van der Waals surface area (Å²) < 4.78 is 0. The number of carboxylic acids is 1. The van der Waals surface area contributed by atoms with Crippen LogP contribution in [0, 0.1) is 5.92 Å². The molecule has 1 amide bonds. The van der Waals surface area contributed by atoms with E-state index in [1.165, 1.54) is 11.3 Å². The Hall–Kier alpha value is -2.14. The van der Waals surface area contributed by atoms with Crippen molar-refractivity contribution in [1.29, 1.82) is 0 Å². The average molecular weight is 287 g/mol. The molecule has 0 atom stereocenters. The molecule has 1 aliphatic rings. The number of hydrogen-bond donors (Lipinski definition) is 2. The number of amides is 1. The molecule has 0 bridgehead atoms. The number of carbonyl (C=O) groups is 2. The monoisotopic (exact) mass is 287 g/mol. The Morgan fingerprint density at radius 2 is 1.90 bits per heavy atom. The van der Waals surface area contributed by atoms with Crippen LogP contribution in [0.25, 0.3) is 11.1 Å². The van der Waals surface area contributed by atoms with Crippen LogP contribution in [0.5, 0.6) is 0 Å². The molecule has 0 spiro atoms. The van der Waals surface area contributed by atoms with E-state index in [4.69, 9.17) is 0 Å². The van der Waals surface area contributed by atoms with Crippen molar-refractivity contribution in [2.75, 3.05) is 5.32 Å². The van der Waals surface area contributed by atoms with Gasteiger partial charge in [0.05, 0.1) is 0 Å². The molecule has 0 aliphatic heterocycles. The van der Waals surface area contributed by atoms with E-state index in [0.717, 1.165) is 18.4 Å². The highest BCUT2D eigenvalue weighted by molar-refractivity contribution is 7.15. The second kappa shape index (κ2) is 5.09. The minimum absolute atomic E-state index is 0.0546. The number of aromatic carboxylic acids is 1. The zero-order valence-corrected chi connectivity index (χ0v) is 11.4. The van der Waals surface area contributed by atoms with Gasteiger partial charge in [0.25, 0.3) is 0 Å². The molecule has 1 saturated carbocycles. The largest absolute Gasteiger partial charge is 0.478 e. The predicted octanol–water partition coefficient (Wildman–Crippen LogP) is 3.46. The van der Waals surface area contributed by atoms with Gasteiger partial charge >= 0.3 is 5.97 Å². The van der Waals surface area contributed by atoms with E-state index in [-0.39, 0.29) is 17.4 Å². The van der Waals surface area contributed by atoms with Crippen LogP contribution in [0.4, 0.5) is 5.00 Å². The third-order valence-electron chi connectivity index (χ3n) is 3.27. The highest BCUT2D eigenvalue weighted by atomic mass is 32.1. The maximum atomic E-state index is 11.8. The lowest BCUT2D eigenvalue weighted by atomic mass is 10.0. The summed E-state index contributed by atoms with van der Waals surface area (Å²) in [6.45, 7) is 0. The van der Waals surface area contributed by atoms with Gasteiger partial charge in [-0.05, 0) is 18.4 Å². The minimum Gasteiger partial charge on any atom is -0.478 e. The molecule has 1 fully saturated rings. The van der Waals surface area contributed by atoms with Crippen LogP contribution < -0.4 is 5.32 Å². The van der Waals surface area contributed by atoms with E-state index in [0.29, 0.717) is 10.6 Å². The minimum atomic E-state index is -1.02. The van der Waals surface area contributed by atoms with Crippen molar-refractivity contribution < 1.29 is 14.7 Å². The molecular weight excluding hydrogens is 274 g/mol. The number of carboxylic acid groups (broad SMARTS) is 1. The summed E-state index contributed by atoms with van der Waals surface area (Å²) in [5, 5.41) is 14.4. The van der Waals surface area contributed by atoms with E-state index in [9.17, 15) is 14.7 Å². The SMILES string of the molecule is O=C(O)c1c(-c2ccccc2)csc1NC(=O)C1CC1. The summed E-state index contributed by atoms with van der Waals surface area (Å²) in [5.41, 5.74) is 1.66. The second-order valence-electron chi connectivity index (χ2n) is 4.79. The van der Waals surface area contributed by atoms with Crippen LogP contribution in [-0.4, -0.2) is 17.0 Å². The second-order valence-corrected chi connectivity index (χ2v) is 5.67. The van der Waals surface area contributed by atoms with E-state index in [2.05, 4.69) is 5.32 Å². The third kappa shape index (κ3) is 2.44. The summed E-state index contributed by atoms with van der Waals surface area (Å²) in [5.74, 6) is -1.04. The molecule has 0 unspecified atom stereocenters. The summed E-state index contributed by atoms with van der Waals surface area (Å²) in [7, 11) is 0. The van der Waals surface area contributed by atoms with Gasteiger partial charge in [-0.2, -0.15) is 0 Å². The van der Waals surface area contributed by atoms with E-state index in [1.807, 2.05) is 30.3 Å². The van der Waals surface area contributed by atoms with Crippen LogP contribution in [0.3, 0.4) is 0 Å². The van der Waals surface area contributed by atoms with Gasteiger partial charge in [-0.1, -0.05) is 30.3 Å². The van der Waals surface area contributed by atoms with Crippen molar-refractivity contribution in [3.05, 3.63) is 41.3 Å². The quantitative estimate of drug-likeness (QED) is 0.905. The summed E-state index contributed by atoms with van der Waals surface area (Å²) in [6, 6.07) is 9.33. The molecule has 2 aromatic rings. The Kier molecular flexibility index (Phi) is 3.28. The van der Waals surface area contributed by atoms with Gasteiger partial charge in [0.2, 0.25) is 5.91 Å². The molecule has 1 aromatic heterocycles. The molecule has 0 radical (unpaired) electrons. The number of rotatable bonds is 4. The first-order valence-electron chi connectivity index (χ1n) is 6.38. The van der Waals surface area contributed by atoms with Crippen molar-refractivity contribution in [2.45, 2.75) is 12.8 Å². The van der Waals surface area contributed by atoms with Gasteiger partial charge in [-0.3, -0.25) is 4.79 Å². The summed E-state index contributed by atoms with van der Waals surface area (Å²) in [6.07, 6.45) is 1.79. The zero-order chi connectivity index (χ0) is 14.1. The number of thiophene rings is 1. The maximum Gasteiger partial charge on any atom is 0.339 e. The van der Waals surface area contributed by atoms with Crippen molar-refractivity contribution in [2.24, 2.45) is 5.92 Å². The Morgan fingerprint density at radius 1 is 1.20 bits per heavy atom. The van der Waals surface area contributed by atoms with Gasteiger partial charge in [0.1, 0.15) is 10.6 Å². The number of hydrogen-bond acceptors (Lipinski definition) is 3. The lowest BCUT2D eigenvalue weighted by Crippen LogP contribution is -2.14. The van der Waals surface area contributed by atoms with Crippen LogP contribution in [0.15, 0.2) is 35.7 Å². The van der Waals surface area contributed by atoms with Crippen molar-refractivity contribution in [1.82, 2.24) is 0 Å². The molecule has 4 nitrogen and oxygen atoms in total. The standard InChI is InChI=1S/C15H13NO3S/c17-13(10-6-7-10)16-14-12(15(18)19)11(8-20-14)9-4-2-1-3-5-9/h1-5,8,10H,6-7H2,(H,16,17)(H,18,19). The van der Waals surface area contributed by atoms with Gasteiger partial charge < -0.3 is 10.4 Å². The highest BCUT2D eigenvalue weighted by Gasteiger charge is 2.31. The van der Waals surface area contributed by atoms with Crippen LogP contribution in [0.1, 0.15) is 23.2 Å². The molecule has 2 N–H and O–H groups in total. The molecule has 0 saturated heterocycles. The predicted molar refractivity (Wildman–Crippen MR) is 78.1 cm³/mol. The van der Waals surface area contributed by atoms with Crippen LogP contribution >= 0.6 is 11.3 Å².